The van der Waals surface area contributed by atoms with Crippen LogP contribution in [0.3, 0.4) is 0 Å². The normalized spacial score (nSPS) is 15.0. The quantitative estimate of drug-likeness (QED) is 0.531. The van der Waals surface area contributed by atoms with E-state index in [-0.39, 0.29) is 23.0 Å². The molecule has 1 aliphatic carbocycles. The first-order chi connectivity index (χ1) is 15.4. The topological polar surface area (TPSA) is 84.5 Å². The van der Waals surface area contributed by atoms with E-state index < -0.39 is 16.1 Å². The van der Waals surface area contributed by atoms with E-state index in [4.69, 9.17) is 4.74 Å². The van der Waals surface area contributed by atoms with Crippen molar-refractivity contribution < 1.29 is 17.9 Å². The van der Waals surface area contributed by atoms with Gasteiger partial charge in [-0.15, -0.1) is 0 Å². The monoisotopic (exact) mass is 456 g/mol. The smallest absolute Gasteiger partial charge is 0.244 e. The summed E-state index contributed by atoms with van der Waals surface area (Å²) in [7, 11) is -2.55. The molecule has 0 spiro atoms. The van der Waals surface area contributed by atoms with Gasteiger partial charge in [-0.1, -0.05) is 48.0 Å². The standard InChI is InChI=1S/C25H32N2O4S/c1-19-13-14-23(31-2)24(17-19)32(29,30)27-22(18-21-11-7-4-8-12-21)25(28)26-16-15-20-9-5-3-6-10-20/h4,7-9,11-14,17,22,27H,3,5-6,10,15-16,18H2,1-2H3,(H,26,28)/t22-/m1/s1. The highest BCUT2D eigenvalue weighted by molar-refractivity contribution is 7.89. The summed E-state index contributed by atoms with van der Waals surface area (Å²) in [4.78, 5) is 13.1. The fourth-order valence-corrected chi connectivity index (χ4v) is 5.33. The summed E-state index contributed by atoms with van der Waals surface area (Å²) in [6.07, 6.45) is 7.88. The maximum Gasteiger partial charge on any atom is 0.244 e. The van der Waals surface area contributed by atoms with Crippen molar-refractivity contribution in [2.24, 2.45) is 0 Å². The van der Waals surface area contributed by atoms with Crippen LogP contribution in [0.15, 0.2) is 65.1 Å². The van der Waals surface area contributed by atoms with Crippen LogP contribution in [0.1, 0.15) is 43.2 Å². The lowest BCUT2D eigenvalue weighted by Gasteiger charge is -2.20. The van der Waals surface area contributed by atoms with Crippen molar-refractivity contribution in [2.45, 2.75) is 56.4 Å². The number of amides is 1. The van der Waals surface area contributed by atoms with E-state index >= 15 is 0 Å². The first kappa shape index (κ1) is 24.0. The molecule has 2 aromatic rings. The first-order valence-electron chi connectivity index (χ1n) is 11.1. The molecule has 3 rings (SSSR count). The number of methoxy groups -OCH3 is 1. The molecular formula is C25H32N2O4S. The van der Waals surface area contributed by atoms with Gasteiger partial charge in [0.25, 0.3) is 0 Å². The minimum absolute atomic E-state index is 0.0261. The zero-order valence-corrected chi connectivity index (χ0v) is 19.6. The molecule has 0 aliphatic heterocycles. The van der Waals surface area contributed by atoms with Gasteiger partial charge < -0.3 is 10.1 Å². The van der Waals surface area contributed by atoms with Crippen LogP contribution in [0, 0.1) is 6.92 Å². The maximum absolute atomic E-state index is 13.2. The molecule has 2 N–H and O–H groups in total. The number of rotatable bonds is 10. The Labute approximate surface area is 191 Å². The van der Waals surface area contributed by atoms with Crippen LogP contribution in [-0.2, 0) is 21.2 Å². The lowest BCUT2D eigenvalue weighted by Crippen LogP contribution is -2.48. The molecule has 7 heteroatoms. The van der Waals surface area contributed by atoms with Gasteiger partial charge in [0.2, 0.25) is 15.9 Å². The van der Waals surface area contributed by atoms with Gasteiger partial charge in [-0.3, -0.25) is 4.79 Å². The predicted octanol–water partition coefficient (Wildman–Crippen LogP) is 3.90. The van der Waals surface area contributed by atoms with E-state index in [0.29, 0.717) is 6.54 Å². The third-order valence-corrected chi connectivity index (χ3v) is 7.13. The Hall–Kier alpha value is -2.64. The van der Waals surface area contributed by atoms with Crippen LogP contribution in [-0.4, -0.2) is 34.0 Å². The summed E-state index contributed by atoms with van der Waals surface area (Å²) in [5.74, 6) is -0.0911. The minimum atomic E-state index is -3.98. The number of hydrogen-bond acceptors (Lipinski definition) is 4. The van der Waals surface area contributed by atoms with E-state index in [1.807, 2.05) is 37.3 Å². The number of ether oxygens (including phenoxy) is 1. The van der Waals surface area contributed by atoms with Crippen LogP contribution in [0.2, 0.25) is 0 Å². The lowest BCUT2D eigenvalue weighted by molar-refractivity contribution is -0.122. The molecule has 2 aromatic carbocycles. The summed E-state index contributed by atoms with van der Waals surface area (Å²) in [6.45, 7) is 2.30. The number of carbonyl (C=O) groups excluding carboxylic acids is 1. The van der Waals surface area contributed by atoms with Crippen molar-refractivity contribution in [3.05, 3.63) is 71.3 Å². The van der Waals surface area contributed by atoms with Gasteiger partial charge in [0.1, 0.15) is 16.7 Å². The lowest BCUT2D eigenvalue weighted by atomic mass is 9.97. The molecule has 172 valence electrons. The molecule has 0 saturated heterocycles. The summed E-state index contributed by atoms with van der Waals surface area (Å²) in [6, 6.07) is 13.4. The van der Waals surface area contributed by atoms with Crippen molar-refractivity contribution in [3.8, 4) is 5.75 Å². The van der Waals surface area contributed by atoms with Crippen molar-refractivity contribution in [3.63, 3.8) is 0 Å². The third kappa shape index (κ3) is 6.68. The van der Waals surface area contributed by atoms with E-state index in [0.717, 1.165) is 30.4 Å². The average molecular weight is 457 g/mol. The zero-order valence-electron chi connectivity index (χ0n) is 18.8. The fraction of sp³-hybridized carbons (Fsp3) is 0.400. The highest BCUT2D eigenvalue weighted by Gasteiger charge is 2.28. The number of aryl methyl sites for hydroxylation is 1. The second-order valence-corrected chi connectivity index (χ2v) is 9.85. The molecular weight excluding hydrogens is 424 g/mol. The number of allylic oxidation sites excluding steroid dienone is 1. The van der Waals surface area contributed by atoms with Gasteiger partial charge in [0.15, 0.2) is 0 Å². The molecule has 0 radical (unpaired) electrons. The van der Waals surface area contributed by atoms with E-state index in [1.54, 1.807) is 18.2 Å². The molecule has 0 fully saturated rings. The minimum Gasteiger partial charge on any atom is -0.495 e. The van der Waals surface area contributed by atoms with E-state index in [2.05, 4.69) is 16.1 Å². The van der Waals surface area contributed by atoms with Gasteiger partial charge in [-0.05, 0) is 68.7 Å². The molecule has 1 aliphatic rings. The molecule has 0 aromatic heterocycles. The molecule has 0 unspecified atom stereocenters. The average Bonchev–Trinajstić information content (AvgIpc) is 2.80. The second-order valence-electron chi connectivity index (χ2n) is 8.17. The number of carbonyl (C=O) groups is 1. The van der Waals surface area contributed by atoms with Gasteiger partial charge in [-0.25, -0.2) is 8.42 Å². The maximum atomic E-state index is 13.2. The van der Waals surface area contributed by atoms with E-state index in [1.165, 1.54) is 25.5 Å². The second kappa shape index (κ2) is 11.3. The molecule has 1 amide bonds. The number of sulfonamides is 1. The van der Waals surface area contributed by atoms with Crippen molar-refractivity contribution in [1.29, 1.82) is 0 Å². The number of nitrogens with one attached hydrogen (secondary N) is 2. The largest absolute Gasteiger partial charge is 0.495 e. The van der Waals surface area contributed by atoms with Gasteiger partial charge in [0.05, 0.1) is 7.11 Å². The summed E-state index contributed by atoms with van der Waals surface area (Å²) >= 11 is 0. The van der Waals surface area contributed by atoms with Crippen LogP contribution in [0.25, 0.3) is 0 Å². The zero-order chi connectivity index (χ0) is 23.0. The van der Waals surface area contributed by atoms with Crippen LogP contribution in [0.5, 0.6) is 5.75 Å². The molecule has 0 saturated carbocycles. The Kier molecular flexibility index (Phi) is 8.47. The van der Waals surface area contributed by atoms with Gasteiger partial charge in [-0.2, -0.15) is 4.72 Å². The van der Waals surface area contributed by atoms with Crippen molar-refractivity contribution in [2.75, 3.05) is 13.7 Å². The Morgan fingerprint density at radius 1 is 1.12 bits per heavy atom. The Morgan fingerprint density at radius 2 is 1.91 bits per heavy atom. The van der Waals surface area contributed by atoms with Crippen LogP contribution >= 0.6 is 0 Å². The summed E-state index contributed by atoms with van der Waals surface area (Å²) < 4.78 is 34.3. The highest BCUT2D eigenvalue weighted by atomic mass is 32.2. The third-order valence-electron chi connectivity index (χ3n) is 5.64. The predicted molar refractivity (Wildman–Crippen MR) is 126 cm³/mol. The summed E-state index contributed by atoms with van der Waals surface area (Å²) in [5, 5.41) is 2.93. The first-order valence-corrected chi connectivity index (χ1v) is 12.5. The highest BCUT2D eigenvalue weighted by Crippen LogP contribution is 2.25. The fourth-order valence-electron chi connectivity index (χ4n) is 3.88. The van der Waals surface area contributed by atoms with Crippen molar-refractivity contribution in [1.82, 2.24) is 10.0 Å². The van der Waals surface area contributed by atoms with Crippen LogP contribution in [0.4, 0.5) is 0 Å². The molecule has 6 nitrogen and oxygen atoms in total. The van der Waals surface area contributed by atoms with Gasteiger partial charge >= 0.3 is 0 Å². The molecule has 0 bridgehead atoms. The van der Waals surface area contributed by atoms with Crippen molar-refractivity contribution >= 4 is 15.9 Å². The Balaban J connectivity index is 1.76. The Bertz CT molecular complexity index is 1050. The molecule has 32 heavy (non-hydrogen) atoms. The Morgan fingerprint density at radius 3 is 2.59 bits per heavy atom. The molecule has 1 atom stereocenters. The van der Waals surface area contributed by atoms with Crippen LogP contribution < -0.4 is 14.8 Å². The number of benzene rings is 2. The van der Waals surface area contributed by atoms with Gasteiger partial charge in [0, 0.05) is 6.54 Å². The summed E-state index contributed by atoms with van der Waals surface area (Å²) in [5.41, 5.74) is 3.03. The molecule has 0 heterocycles. The SMILES string of the molecule is COc1ccc(C)cc1S(=O)(=O)N[C@H](Cc1ccccc1)C(=O)NCCC1=CCCCC1. The van der Waals surface area contributed by atoms with E-state index in [9.17, 15) is 13.2 Å². The number of hydrogen-bond donors (Lipinski definition) is 2.